The van der Waals surface area contributed by atoms with Gasteiger partial charge in [-0.2, -0.15) is 0 Å². The number of ether oxygens (including phenoxy) is 1. The molecule has 3 amide bonds. The number of imide groups is 1. The van der Waals surface area contributed by atoms with Crippen molar-refractivity contribution in [1.82, 2.24) is 10.6 Å². The van der Waals surface area contributed by atoms with Crippen LogP contribution in [0.5, 0.6) is 0 Å². The third-order valence-corrected chi connectivity index (χ3v) is 3.93. The first-order valence-electron chi connectivity index (χ1n) is 6.48. The van der Waals surface area contributed by atoms with Crippen LogP contribution in [-0.2, 0) is 14.3 Å². The Morgan fingerprint density at radius 3 is 2.32 bits per heavy atom. The molecule has 6 nitrogen and oxygen atoms in total. The molecule has 0 heterocycles. The van der Waals surface area contributed by atoms with Gasteiger partial charge in [0.05, 0.1) is 0 Å². The SMILES string of the molecule is CNC(=O)NC(=O)[C@H](C)OC(=O)[C@H](C)Sc1ccc(Cl)cc1. The van der Waals surface area contributed by atoms with Crippen molar-refractivity contribution in [1.29, 1.82) is 0 Å². The van der Waals surface area contributed by atoms with E-state index in [-0.39, 0.29) is 0 Å². The maximum absolute atomic E-state index is 11.9. The van der Waals surface area contributed by atoms with Crippen molar-refractivity contribution in [2.75, 3.05) is 7.05 Å². The van der Waals surface area contributed by atoms with Crippen LogP contribution in [0.3, 0.4) is 0 Å². The molecule has 120 valence electrons. The number of amides is 3. The Labute approximate surface area is 137 Å². The van der Waals surface area contributed by atoms with E-state index >= 15 is 0 Å². The lowest BCUT2D eigenvalue weighted by atomic mass is 10.3. The largest absolute Gasteiger partial charge is 0.452 e. The molecule has 0 bridgehead atoms. The highest BCUT2D eigenvalue weighted by Gasteiger charge is 2.23. The van der Waals surface area contributed by atoms with Crippen LogP contribution in [0.15, 0.2) is 29.2 Å². The van der Waals surface area contributed by atoms with Gasteiger partial charge in [-0.1, -0.05) is 11.6 Å². The first-order chi connectivity index (χ1) is 10.3. The summed E-state index contributed by atoms with van der Waals surface area (Å²) in [6.45, 7) is 3.07. The van der Waals surface area contributed by atoms with Gasteiger partial charge in [-0.3, -0.25) is 14.9 Å². The first kappa shape index (κ1) is 18.3. The van der Waals surface area contributed by atoms with Crippen molar-refractivity contribution in [2.45, 2.75) is 30.1 Å². The minimum absolute atomic E-state index is 0.503. The molecule has 1 rings (SSSR count). The van der Waals surface area contributed by atoms with Crippen molar-refractivity contribution in [3.05, 3.63) is 29.3 Å². The molecular formula is C14H17ClN2O4S. The second-order valence-corrected chi connectivity index (χ2v) is 6.21. The molecular weight excluding hydrogens is 328 g/mol. The molecule has 0 aliphatic rings. The number of hydrogen-bond acceptors (Lipinski definition) is 5. The molecule has 1 aromatic carbocycles. The zero-order valence-corrected chi connectivity index (χ0v) is 14.0. The summed E-state index contributed by atoms with van der Waals surface area (Å²) in [5.41, 5.74) is 0. The minimum Gasteiger partial charge on any atom is -0.452 e. The zero-order chi connectivity index (χ0) is 16.7. The smallest absolute Gasteiger partial charge is 0.321 e. The van der Waals surface area contributed by atoms with Crippen LogP contribution in [0.25, 0.3) is 0 Å². The van der Waals surface area contributed by atoms with Gasteiger partial charge in [-0.15, -0.1) is 11.8 Å². The Morgan fingerprint density at radius 2 is 1.77 bits per heavy atom. The second kappa shape index (κ2) is 8.65. The van der Waals surface area contributed by atoms with Crippen LogP contribution in [0, 0.1) is 0 Å². The molecule has 0 saturated carbocycles. The third kappa shape index (κ3) is 5.95. The van der Waals surface area contributed by atoms with E-state index in [1.165, 1.54) is 25.7 Å². The molecule has 0 unspecified atom stereocenters. The monoisotopic (exact) mass is 344 g/mol. The van der Waals surface area contributed by atoms with E-state index in [0.717, 1.165) is 4.90 Å². The average molecular weight is 345 g/mol. The van der Waals surface area contributed by atoms with Crippen LogP contribution >= 0.6 is 23.4 Å². The number of hydrogen-bond donors (Lipinski definition) is 2. The quantitative estimate of drug-likeness (QED) is 0.632. The van der Waals surface area contributed by atoms with E-state index in [0.29, 0.717) is 5.02 Å². The number of urea groups is 1. The Morgan fingerprint density at radius 1 is 1.18 bits per heavy atom. The topological polar surface area (TPSA) is 84.5 Å². The number of carbonyl (C=O) groups excluding carboxylic acids is 3. The Hall–Kier alpha value is -1.73. The molecule has 8 heteroatoms. The highest BCUT2D eigenvalue weighted by atomic mass is 35.5. The van der Waals surface area contributed by atoms with Crippen molar-refractivity contribution in [2.24, 2.45) is 0 Å². The van der Waals surface area contributed by atoms with Crippen LogP contribution in [0.1, 0.15) is 13.8 Å². The molecule has 0 radical (unpaired) electrons. The normalized spacial score (nSPS) is 12.9. The molecule has 0 aromatic heterocycles. The summed E-state index contributed by atoms with van der Waals surface area (Å²) >= 11 is 7.08. The summed E-state index contributed by atoms with van der Waals surface area (Å²) in [4.78, 5) is 35.4. The first-order valence-corrected chi connectivity index (χ1v) is 7.74. The summed E-state index contributed by atoms with van der Waals surface area (Å²) in [7, 11) is 1.38. The molecule has 2 N–H and O–H groups in total. The van der Waals surface area contributed by atoms with Gasteiger partial charge in [0, 0.05) is 17.0 Å². The van der Waals surface area contributed by atoms with Gasteiger partial charge in [-0.25, -0.2) is 4.79 Å². The van der Waals surface area contributed by atoms with Gasteiger partial charge >= 0.3 is 12.0 Å². The van der Waals surface area contributed by atoms with E-state index in [1.54, 1.807) is 31.2 Å². The molecule has 0 spiro atoms. The van der Waals surface area contributed by atoms with Crippen molar-refractivity contribution in [3.63, 3.8) is 0 Å². The number of esters is 1. The van der Waals surface area contributed by atoms with E-state index < -0.39 is 29.3 Å². The van der Waals surface area contributed by atoms with Crippen LogP contribution in [0.4, 0.5) is 4.79 Å². The molecule has 22 heavy (non-hydrogen) atoms. The Bertz CT molecular complexity index is 550. The maximum Gasteiger partial charge on any atom is 0.321 e. The summed E-state index contributed by atoms with van der Waals surface area (Å²) in [5, 5.41) is 4.39. The Balaban J connectivity index is 2.51. The van der Waals surface area contributed by atoms with Crippen molar-refractivity contribution < 1.29 is 19.1 Å². The van der Waals surface area contributed by atoms with Gasteiger partial charge in [0.25, 0.3) is 5.91 Å². The zero-order valence-electron chi connectivity index (χ0n) is 12.4. The van der Waals surface area contributed by atoms with Crippen LogP contribution < -0.4 is 10.6 Å². The molecule has 0 saturated heterocycles. The molecule has 0 aliphatic heterocycles. The number of benzene rings is 1. The lowest BCUT2D eigenvalue weighted by Gasteiger charge is -2.16. The number of thioether (sulfide) groups is 1. The van der Waals surface area contributed by atoms with Gasteiger partial charge in [0.15, 0.2) is 6.10 Å². The highest BCUT2D eigenvalue weighted by Crippen LogP contribution is 2.25. The van der Waals surface area contributed by atoms with Crippen molar-refractivity contribution >= 4 is 41.3 Å². The average Bonchev–Trinajstić information content (AvgIpc) is 2.49. The number of carbonyl (C=O) groups is 3. The van der Waals surface area contributed by atoms with E-state index in [4.69, 9.17) is 16.3 Å². The van der Waals surface area contributed by atoms with Gasteiger partial charge in [0.2, 0.25) is 0 Å². The van der Waals surface area contributed by atoms with Crippen LogP contribution in [0.2, 0.25) is 5.02 Å². The molecule has 0 fully saturated rings. The third-order valence-electron chi connectivity index (χ3n) is 2.58. The standard InChI is InChI=1S/C14H17ClN2O4S/c1-8(12(18)17-14(20)16-3)21-13(19)9(2)22-11-6-4-10(15)5-7-11/h4-9H,1-3H3,(H2,16,17,18,20)/t8-,9-/m0/s1. The van der Waals surface area contributed by atoms with Gasteiger partial charge in [-0.05, 0) is 38.1 Å². The van der Waals surface area contributed by atoms with Gasteiger partial charge in [0.1, 0.15) is 5.25 Å². The predicted molar refractivity (Wildman–Crippen MR) is 84.9 cm³/mol. The summed E-state index contributed by atoms with van der Waals surface area (Å²) in [6.07, 6.45) is -1.06. The number of rotatable bonds is 5. The summed E-state index contributed by atoms with van der Waals surface area (Å²) in [5.74, 6) is -1.23. The number of halogens is 1. The summed E-state index contributed by atoms with van der Waals surface area (Å²) < 4.78 is 5.04. The molecule has 0 aliphatic carbocycles. The number of nitrogens with one attached hydrogen (secondary N) is 2. The summed E-state index contributed by atoms with van der Waals surface area (Å²) in [6, 6.07) is 6.37. The van der Waals surface area contributed by atoms with E-state index in [2.05, 4.69) is 5.32 Å². The Kier molecular flexibility index (Phi) is 7.20. The second-order valence-electron chi connectivity index (χ2n) is 4.36. The van der Waals surface area contributed by atoms with E-state index in [1.807, 2.05) is 5.32 Å². The molecule has 2 atom stereocenters. The fourth-order valence-corrected chi connectivity index (χ4v) is 2.34. The van der Waals surface area contributed by atoms with E-state index in [9.17, 15) is 14.4 Å². The highest BCUT2D eigenvalue weighted by molar-refractivity contribution is 8.00. The maximum atomic E-state index is 11.9. The predicted octanol–water partition coefficient (Wildman–Crippen LogP) is 2.21. The van der Waals surface area contributed by atoms with Crippen molar-refractivity contribution in [3.8, 4) is 0 Å². The molecule has 1 aromatic rings. The van der Waals surface area contributed by atoms with Gasteiger partial charge < -0.3 is 10.1 Å². The minimum atomic E-state index is -1.06. The fourth-order valence-electron chi connectivity index (χ4n) is 1.36. The lowest BCUT2D eigenvalue weighted by molar-refractivity contribution is -0.153. The van der Waals surface area contributed by atoms with Crippen LogP contribution in [-0.4, -0.2) is 36.3 Å². The lowest BCUT2D eigenvalue weighted by Crippen LogP contribution is -2.44. The fraction of sp³-hybridized carbons (Fsp3) is 0.357.